The predicted octanol–water partition coefficient (Wildman–Crippen LogP) is 3.49. The smallest absolute Gasteiger partial charge is 0.333 e. The molecule has 10 heteroatoms. The topological polar surface area (TPSA) is 90.8 Å². The fourth-order valence-corrected chi connectivity index (χ4v) is 5.13. The lowest BCUT2D eigenvalue weighted by Crippen LogP contribution is -2.37. The van der Waals surface area contributed by atoms with Crippen LogP contribution >= 0.6 is 0 Å². The largest absolute Gasteiger partial charge is 0.478 e. The fraction of sp³-hybridized carbons (Fsp3) is 0.333. The minimum absolute atomic E-state index is 0.00115. The van der Waals surface area contributed by atoms with Crippen LogP contribution in [0.25, 0.3) is 6.08 Å². The average Bonchev–Trinajstić information content (AvgIpc) is 3.31. The van der Waals surface area contributed by atoms with Gasteiger partial charge in [-0.3, -0.25) is 9.59 Å². The van der Waals surface area contributed by atoms with Gasteiger partial charge in [-0.2, -0.15) is 0 Å². The van der Waals surface area contributed by atoms with Crippen LogP contribution < -0.4 is 9.80 Å². The van der Waals surface area contributed by atoms with Crippen molar-refractivity contribution in [2.75, 3.05) is 29.4 Å². The summed E-state index contributed by atoms with van der Waals surface area (Å²) in [7, 11) is 0. The van der Waals surface area contributed by atoms with E-state index in [-0.39, 0.29) is 78.4 Å². The molecule has 2 fully saturated rings. The molecule has 2 unspecified atom stereocenters. The van der Waals surface area contributed by atoms with Gasteiger partial charge in [0.2, 0.25) is 0 Å². The first kappa shape index (κ1) is 22.1. The number of benzene rings is 1. The van der Waals surface area contributed by atoms with Crippen molar-refractivity contribution in [3.05, 3.63) is 52.9 Å². The number of anilines is 3. The Morgan fingerprint density at radius 2 is 1.91 bits per heavy atom. The summed E-state index contributed by atoms with van der Waals surface area (Å²) in [6, 6.07) is 3.96. The minimum Gasteiger partial charge on any atom is -0.478 e. The van der Waals surface area contributed by atoms with Crippen molar-refractivity contribution < 1.29 is 32.7 Å². The van der Waals surface area contributed by atoms with Gasteiger partial charge in [-0.25, -0.2) is 22.9 Å². The third kappa shape index (κ3) is 3.27. The zero-order chi connectivity index (χ0) is 24.4. The number of carboxylic acids is 1. The van der Waals surface area contributed by atoms with Crippen molar-refractivity contribution in [2.45, 2.75) is 19.8 Å². The van der Waals surface area contributed by atoms with Gasteiger partial charge in [0.25, 0.3) is 0 Å². The van der Waals surface area contributed by atoms with Crippen LogP contribution in [0.4, 0.5) is 30.5 Å². The van der Waals surface area contributed by atoms with Gasteiger partial charge in [0, 0.05) is 37.1 Å². The first-order valence-electron chi connectivity index (χ1n) is 10.8. The Morgan fingerprint density at radius 3 is 2.56 bits per heavy atom. The monoisotopic (exact) mass is 471 g/mol. The van der Waals surface area contributed by atoms with Gasteiger partial charge >= 0.3 is 5.97 Å². The lowest BCUT2D eigenvalue weighted by Gasteiger charge is -2.31. The number of aromatic nitrogens is 1. The molecule has 0 amide bonds. The summed E-state index contributed by atoms with van der Waals surface area (Å²) in [6.45, 7) is 1.66. The van der Waals surface area contributed by atoms with Crippen molar-refractivity contribution in [3.63, 3.8) is 0 Å². The second-order valence-corrected chi connectivity index (χ2v) is 9.01. The van der Waals surface area contributed by atoms with E-state index in [9.17, 15) is 28.3 Å². The van der Waals surface area contributed by atoms with E-state index < -0.39 is 28.8 Å². The molecule has 1 N–H and O–H groups in total. The SMILES string of the molecule is CC1CC(=O)C2(CCN(c3nc4c(cc3F)C=C(C(=O)O)CN4c3ccc(F)cc3F)C2)C1=O. The van der Waals surface area contributed by atoms with Gasteiger partial charge in [-0.05, 0) is 30.7 Å². The number of pyridine rings is 1. The second kappa shape index (κ2) is 7.68. The highest BCUT2D eigenvalue weighted by Gasteiger charge is 2.56. The summed E-state index contributed by atoms with van der Waals surface area (Å²) in [5.74, 6) is -4.48. The Kier molecular flexibility index (Phi) is 5.00. The standard InChI is InChI=1S/C24H20F3N3O4/c1-12-6-19(31)24(20(12)32)4-5-29(11-24)22-17(27)8-13-7-14(23(33)34)10-30(21(13)28-22)18-3-2-15(25)9-16(18)26/h2-3,7-9,12H,4-6,10-11H2,1H3,(H,33,34). The minimum atomic E-state index is -1.27. The maximum absolute atomic E-state index is 15.2. The fourth-order valence-electron chi connectivity index (χ4n) is 5.13. The van der Waals surface area contributed by atoms with Crippen LogP contribution in [0.5, 0.6) is 0 Å². The van der Waals surface area contributed by atoms with Crippen molar-refractivity contribution in [3.8, 4) is 0 Å². The Hall–Kier alpha value is -3.69. The molecule has 1 aromatic carbocycles. The highest BCUT2D eigenvalue weighted by Crippen LogP contribution is 2.45. The Morgan fingerprint density at radius 1 is 1.15 bits per heavy atom. The molecule has 34 heavy (non-hydrogen) atoms. The average molecular weight is 471 g/mol. The predicted molar refractivity (Wildman–Crippen MR) is 116 cm³/mol. The molecule has 0 radical (unpaired) electrons. The van der Waals surface area contributed by atoms with Crippen LogP contribution in [0.3, 0.4) is 0 Å². The molecule has 1 saturated carbocycles. The number of carboxylic acid groups (broad SMARTS) is 1. The summed E-state index contributed by atoms with van der Waals surface area (Å²) in [4.78, 5) is 44.1. The van der Waals surface area contributed by atoms with Crippen molar-refractivity contribution in [1.82, 2.24) is 4.98 Å². The summed E-state index contributed by atoms with van der Waals surface area (Å²) in [5.41, 5.74) is -1.30. The van der Waals surface area contributed by atoms with E-state index in [0.717, 1.165) is 18.2 Å². The van der Waals surface area contributed by atoms with Crippen LogP contribution in [-0.4, -0.2) is 47.3 Å². The number of aliphatic carboxylic acids is 1. The summed E-state index contributed by atoms with van der Waals surface area (Å²) in [5, 5.41) is 9.49. The number of carbonyl (C=O) groups is 3. The lowest BCUT2D eigenvalue weighted by atomic mass is 9.82. The molecule has 5 rings (SSSR count). The first-order valence-corrected chi connectivity index (χ1v) is 10.8. The molecule has 1 aromatic heterocycles. The molecule has 7 nitrogen and oxygen atoms in total. The van der Waals surface area contributed by atoms with E-state index in [4.69, 9.17) is 0 Å². The molecule has 176 valence electrons. The van der Waals surface area contributed by atoms with Gasteiger partial charge in [-0.15, -0.1) is 0 Å². The summed E-state index contributed by atoms with van der Waals surface area (Å²) >= 11 is 0. The third-order valence-corrected chi connectivity index (χ3v) is 6.87. The zero-order valence-corrected chi connectivity index (χ0v) is 18.1. The number of halogens is 3. The molecular weight excluding hydrogens is 451 g/mol. The number of nitrogens with zero attached hydrogens (tertiary/aromatic N) is 3. The first-order chi connectivity index (χ1) is 16.1. The molecular formula is C24H20F3N3O4. The van der Waals surface area contributed by atoms with E-state index in [1.165, 1.54) is 15.9 Å². The molecule has 3 aliphatic rings. The number of Topliss-reactive ketones (excluding diaryl/α,β-unsaturated/α-hetero) is 2. The Bertz CT molecular complexity index is 1290. The van der Waals surface area contributed by atoms with Crippen LogP contribution in [0, 0.1) is 28.8 Å². The van der Waals surface area contributed by atoms with E-state index in [1.807, 2.05) is 0 Å². The van der Waals surface area contributed by atoms with Crippen molar-refractivity contribution in [1.29, 1.82) is 0 Å². The summed E-state index contributed by atoms with van der Waals surface area (Å²) < 4.78 is 43.3. The number of hydrogen-bond acceptors (Lipinski definition) is 6. The van der Waals surface area contributed by atoms with E-state index in [2.05, 4.69) is 4.98 Å². The number of ketones is 2. The summed E-state index contributed by atoms with van der Waals surface area (Å²) in [6.07, 6.45) is 1.67. The van der Waals surface area contributed by atoms with Crippen LogP contribution in [0.1, 0.15) is 25.3 Å². The maximum Gasteiger partial charge on any atom is 0.333 e. The van der Waals surface area contributed by atoms with Crippen LogP contribution in [0.2, 0.25) is 0 Å². The van der Waals surface area contributed by atoms with E-state index in [1.54, 1.807) is 6.92 Å². The molecule has 1 aliphatic carbocycles. The number of fused-ring (bicyclic) bond motifs is 1. The highest BCUT2D eigenvalue weighted by molar-refractivity contribution is 6.15. The number of hydrogen-bond donors (Lipinski definition) is 1. The van der Waals surface area contributed by atoms with Gasteiger partial charge in [-0.1, -0.05) is 6.92 Å². The lowest BCUT2D eigenvalue weighted by molar-refractivity contribution is -0.134. The molecule has 2 aromatic rings. The van der Waals surface area contributed by atoms with Gasteiger partial charge in [0.05, 0.1) is 17.8 Å². The second-order valence-electron chi connectivity index (χ2n) is 9.01. The molecule has 2 aliphatic heterocycles. The quantitative estimate of drug-likeness (QED) is 0.686. The van der Waals surface area contributed by atoms with Crippen LogP contribution in [0.15, 0.2) is 29.8 Å². The highest BCUT2D eigenvalue weighted by atomic mass is 19.1. The normalized spacial score (nSPS) is 24.1. The zero-order valence-electron chi connectivity index (χ0n) is 18.1. The van der Waals surface area contributed by atoms with Crippen molar-refractivity contribution in [2.24, 2.45) is 11.3 Å². The number of rotatable bonds is 3. The number of carbonyl (C=O) groups excluding carboxylic acids is 2. The van der Waals surface area contributed by atoms with Gasteiger partial charge in [0.1, 0.15) is 28.7 Å². The molecule has 3 heterocycles. The van der Waals surface area contributed by atoms with Gasteiger partial charge < -0.3 is 14.9 Å². The molecule has 0 bridgehead atoms. The third-order valence-electron chi connectivity index (χ3n) is 6.87. The van der Waals surface area contributed by atoms with Crippen LogP contribution in [-0.2, 0) is 14.4 Å². The maximum atomic E-state index is 15.2. The van der Waals surface area contributed by atoms with Gasteiger partial charge in [0.15, 0.2) is 17.4 Å². The van der Waals surface area contributed by atoms with Crippen molar-refractivity contribution >= 4 is 40.9 Å². The molecule has 1 saturated heterocycles. The Labute approximate surface area is 192 Å². The van der Waals surface area contributed by atoms with E-state index >= 15 is 4.39 Å². The van der Waals surface area contributed by atoms with E-state index in [0.29, 0.717) is 6.07 Å². The molecule has 2 atom stereocenters. The Balaban J connectivity index is 1.59. The molecule has 1 spiro atoms.